The van der Waals surface area contributed by atoms with E-state index in [1.165, 1.54) is 17.9 Å². The van der Waals surface area contributed by atoms with E-state index in [9.17, 15) is 8.42 Å². The molecule has 8 heteroatoms. The van der Waals surface area contributed by atoms with E-state index in [0.29, 0.717) is 12.4 Å². The first-order valence-electron chi connectivity index (χ1n) is 5.11. The summed E-state index contributed by atoms with van der Waals surface area (Å²) < 4.78 is 27.6. The molecular formula is C9H15Cl2N3O2S. The van der Waals surface area contributed by atoms with Gasteiger partial charge in [-0.15, -0.1) is 11.6 Å². The van der Waals surface area contributed by atoms with Crippen LogP contribution in [0, 0.1) is 5.92 Å². The maximum Gasteiger partial charge on any atom is 0.259 e. The summed E-state index contributed by atoms with van der Waals surface area (Å²) in [5, 5.41) is 3.89. The van der Waals surface area contributed by atoms with Crippen molar-refractivity contribution in [2.75, 3.05) is 12.4 Å². The van der Waals surface area contributed by atoms with Crippen molar-refractivity contribution in [2.24, 2.45) is 13.0 Å². The van der Waals surface area contributed by atoms with E-state index in [2.05, 4.69) is 9.82 Å². The fourth-order valence-electron chi connectivity index (χ4n) is 1.31. The summed E-state index contributed by atoms with van der Waals surface area (Å²) in [6.07, 6.45) is 2.06. The highest BCUT2D eigenvalue weighted by molar-refractivity contribution is 7.89. The van der Waals surface area contributed by atoms with Crippen LogP contribution >= 0.6 is 23.2 Å². The van der Waals surface area contributed by atoms with Crippen molar-refractivity contribution in [3.8, 4) is 0 Å². The number of sulfonamides is 1. The van der Waals surface area contributed by atoms with Gasteiger partial charge >= 0.3 is 0 Å². The molecule has 0 spiro atoms. The monoisotopic (exact) mass is 299 g/mol. The van der Waals surface area contributed by atoms with E-state index in [-0.39, 0.29) is 16.0 Å². The van der Waals surface area contributed by atoms with Gasteiger partial charge in [0.15, 0.2) is 5.03 Å². The van der Waals surface area contributed by atoms with Crippen molar-refractivity contribution < 1.29 is 8.42 Å². The number of nitrogens with zero attached hydrogens (tertiary/aromatic N) is 2. The maximum atomic E-state index is 12.0. The SMILES string of the molecule is CC(CCCl)CNS(=O)(=O)c1c(Cl)cnn1C. The van der Waals surface area contributed by atoms with Gasteiger partial charge in [-0.2, -0.15) is 5.10 Å². The first-order valence-corrected chi connectivity index (χ1v) is 7.51. The van der Waals surface area contributed by atoms with Gasteiger partial charge in [0.05, 0.1) is 11.2 Å². The van der Waals surface area contributed by atoms with Crippen molar-refractivity contribution in [1.82, 2.24) is 14.5 Å². The molecule has 17 heavy (non-hydrogen) atoms. The predicted molar refractivity (Wildman–Crippen MR) is 67.9 cm³/mol. The second-order valence-corrected chi connectivity index (χ2v) is 6.32. The Morgan fingerprint density at radius 3 is 2.71 bits per heavy atom. The summed E-state index contributed by atoms with van der Waals surface area (Å²) in [6, 6.07) is 0. The van der Waals surface area contributed by atoms with Gasteiger partial charge < -0.3 is 0 Å². The third kappa shape index (κ3) is 3.84. The highest BCUT2D eigenvalue weighted by Gasteiger charge is 2.22. The van der Waals surface area contributed by atoms with Gasteiger partial charge in [0.25, 0.3) is 10.0 Å². The second-order valence-electron chi connectivity index (χ2n) is 3.86. The van der Waals surface area contributed by atoms with E-state index in [1.807, 2.05) is 6.92 Å². The lowest BCUT2D eigenvalue weighted by atomic mass is 10.1. The van der Waals surface area contributed by atoms with Crippen molar-refractivity contribution in [1.29, 1.82) is 0 Å². The number of hydrogen-bond acceptors (Lipinski definition) is 3. The summed E-state index contributed by atoms with van der Waals surface area (Å²) in [4.78, 5) is 0. The van der Waals surface area contributed by atoms with Crippen LogP contribution in [0.3, 0.4) is 0 Å². The molecule has 0 aliphatic rings. The Kier molecular flexibility index (Phi) is 5.24. The van der Waals surface area contributed by atoms with Crippen LogP contribution in [0.2, 0.25) is 5.02 Å². The first-order chi connectivity index (χ1) is 7.88. The average Bonchev–Trinajstić information content (AvgIpc) is 2.57. The van der Waals surface area contributed by atoms with E-state index in [1.54, 1.807) is 0 Å². The van der Waals surface area contributed by atoms with Gasteiger partial charge in [0.1, 0.15) is 0 Å². The zero-order chi connectivity index (χ0) is 13.1. The quantitative estimate of drug-likeness (QED) is 0.812. The van der Waals surface area contributed by atoms with Crippen LogP contribution in [0.15, 0.2) is 11.2 Å². The van der Waals surface area contributed by atoms with E-state index in [0.717, 1.165) is 6.42 Å². The molecule has 98 valence electrons. The maximum absolute atomic E-state index is 12.0. The highest BCUT2D eigenvalue weighted by Crippen LogP contribution is 2.19. The number of halogens is 2. The fourth-order valence-corrected chi connectivity index (χ4v) is 3.50. The minimum absolute atomic E-state index is 0.0164. The number of hydrogen-bond donors (Lipinski definition) is 1. The Morgan fingerprint density at radius 1 is 1.59 bits per heavy atom. The standard InChI is InChI=1S/C9H15Cl2N3O2S/c1-7(3-4-10)5-13-17(15,16)9-8(11)6-12-14(9)2/h6-7,13H,3-5H2,1-2H3. The lowest BCUT2D eigenvalue weighted by molar-refractivity contribution is 0.522. The Labute approximate surface area is 111 Å². The molecule has 1 N–H and O–H groups in total. The number of nitrogens with one attached hydrogen (secondary N) is 1. The van der Waals surface area contributed by atoms with Gasteiger partial charge in [-0.25, -0.2) is 13.1 Å². The average molecular weight is 300 g/mol. The predicted octanol–water partition coefficient (Wildman–Crippen LogP) is 1.62. The molecule has 0 saturated carbocycles. The molecule has 0 bridgehead atoms. The fraction of sp³-hybridized carbons (Fsp3) is 0.667. The molecule has 0 saturated heterocycles. The zero-order valence-corrected chi connectivity index (χ0v) is 12.0. The Balaban J connectivity index is 2.76. The Morgan fingerprint density at radius 2 is 2.24 bits per heavy atom. The summed E-state index contributed by atoms with van der Waals surface area (Å²) in [5.74, 6) is 0.685. The number of aromatic nitrogens is 2. The number of alkyl halides is 1. The van der Waals surface area contributed by atoms with Gasteiger partial charge in [-0.3, -0.25) is 4.68 Å². The van der Waals surface area contributed by atoms with E-state index in [4.69, 9.17) is 23.2 Å². The van der Waals surface area contributed by atoms with Crippen LogP contribution in [-0.2, 0) is 17.1 Å². The minimum atomic E-state index is -3.62. The third-order valence-electron chi connectivity index (χ3n) is 2.32. The molecule has 0 amide bonds. The Hall–Kier alpha value is -0.300. The topological polar surface area (TPSA) is 64.0 Å². The molecule has 1 rings (SSSR count). The summed E-state index contributed by atoms with van der Waals surface area (Å²) in [7, 11) is -2.09. The Bertz CT molecular complexity index is 453. The smallest absolute Gasteiger partial charge is 0.255 e. The van der Waals surface area contributed by atoms with Gasteiger partial charge in [0, 0.05) is 19.5 Å². The highest BCUT2D eigenvalue weighted by atomic mass is 35.5. The summed E-state index contributed by atoms with van der Waals surface area (Å²) in [6.45, 7) is 2.26. The molecule has 1 aromatic heterocycles. The van der Waals surface area contributed by atoms with Crippen LogP contribution in [0.4, 0.5) is 0 Å². The molecule has 1 aromatic rings. The van der Waals surface area contributed by atoms with Gasteiger partial charge in [-0.1, -0.05) is 18.5 Å². The molecular weight excluding hydrogens is 285 g/mol. The molecule has 0 fully saturated rings. The summed E-state index contributed by atoms with van der Waals surface area (Å²) in [5.41, 5.74) is 0. The van der Waals surface area contributed by atoms with Crippen LogP contribution in [0.5, 0.6) is 0 Å². The molecule has 0 aliphatic carbocycles. The molecule has 0 radical (unpaired) electrons. The molecule has 1 heterocycles. The van der Waals surface area contributed by atoms with Crippen molar-refractivity contribution in [2.45, 2.75) is 18.4 Å². The lowest BCUT2D eigenvalue weighted by Gasteiger charge is -2.11. The molecule has 5 nitrogen and oxygen atoms in total. The van der Waals surface area contributed by atoms with E-state index < -0.39 is 10.0 Å². The molecule has 0 aliphatic heterocycles. The molecule has 0 aromatic carbocycles. The van der Waals surface area contributed by atoms with Crippen molar-refractivity contribution >= 4 is 33.2 Å². The molecule has 1 unspecified atom stereocenters. The second kappa shape index (κ2) is 6.04. The first kappa shape index (κ1) is 14.8. The van der Waals surface area contributed by atoms with Gasteiger partial charge in [-0.05, 0) is 12.3 Å². The largest absolute Gasteiger partial charge is 0.259 e. The normalized spacial score (nSPS) is 13.9. The minimum Gasteiger partial charge on any atom is -0.255 e. The van der Waals surface area contributed by atoms with Crippen LogP contribution in [0.25, 0.3) is 0 Å². The lowest BCUT2D eigenvalue weighted by Crippen LogP contribution is -2.30. The van der Waals surface area contributed by atoms with Gasteiger partial charge in [0.2, 0.25) is 0 Å². The third-order valence-corrected chi connectivity index (χ3v) is 4.47. The molecule has 1 atom stereocenters. The summed E-state index contributed by atoms with van der Waals surface area (Å²) >= 11 is 11.4. The van der Waals surface area contributed by atoms with Crippen LogP contribution in [0.1, 0.15) is 13.3 Å². The zero-order valence-electron chi connectivity index (χ0n) is 9.65. The van der Waals surface area contributed by atoms with Crippen molar-refractivity contribution in [3.05, 3.63) is 11.2 Å². The van der Waals surface area contributed by atoms with E-state index >= 15 is 0 Å². The number of aryl methyl sites for hydroxylation is 1. The van der Waals surface area contributed by atoms with Crippen LogP contribution in [-0.4, -0.2) is 30.6 Å². The van der Waals surface area contributed by atoms with Crippen LogP contribution < -0.4 is 4.72 Å². The number of rotatable bonds is 6. The van der Waals surface area contributed by atoms with Crippen molar-refractivity contribution in [3.63, 3.8) is 0 Å².